The summed E-state index contributed by atoms with van der Waals surface area (Å²) in [6, 6.07) is 6.61. The molecule has 1 aromatic carbocycles. The minimum atomic E-state index is -3.28. The van der Waals surface area contributed by atoms with Gasteiger partial charge in [-0.1, -0.05) is 27.7 Å². The van der Waals surface area contributed by atoms with E-state index in [0.29, 0.717) is 17.8 Å². The Morgan fingerprint density at radius 1 is 1.10 bits per heavy atom. The van der Waals surface area contributed by atoms with E-state index in [1.165, 1.54) is 0 Å². The molecule has 0 fully saturated rings. The molecule has 2 N–H and O–H groups in total. The molecule has 0 aliphatic heterocycles. The van der Waals surface area contributed by atoms with Gasteiger partial charge in [0.2, 0.25) is 15.9 Å². The van der Waals surface area contributed by atoms with Crippen molar-refractivity contribution in [1.29, 1.82) is 0 Å². The number of hydrogen-bond acceptors (Lipinski definition) is 3. The van der Waals surface area contributed by atoms with Crippen LogP contribution in [0.25, 0.3) is 0 Å². The third-order valence-electron chi connectivity index (χ3n) is 2.57. The Kier molecular flexibility index (Phi) is 5.16. The molecule has 0 unspecified atom stereocenters. The summed E-state index contributed by atoms with van der Waals surface area (Å²) in [5.74, 6) is 0.00649. The first-order chi connectivity index (χ1) is 9.14. The summed E-state index contributed by atoms with van der Waals surface area (Å²) < 4.78 is 25.7. The van der Waals surface area contributed by atoms with Crippen molar-refractivity contribution in [2.75, 3.05) is 15.8 Å². The molecule has 0 aliphatic rings. The van der Waals surface area contributed by atoms with Gasteiger partial charge in [0, 0.05) is 16.8 Å². The van der Waals surface area contributed by atoms with Crippen molar-refractivity contribution >= 4 is 27.3 Å². The first-order valence-corrected chi connectivity index (χ1v) is 8.21. The molecule has 6 heteroatoms. The topological polar surface area (TPSA) is 75.3 Å². The van der Waals surface area contributed by atoms with Gasteiger partial charge in [-0.3, -0.25) is 9.52 Å². The molecule has 5 nitrogen and oxygen atoms in total. The van der Waals surface area contributed by atoms with Gasteiger partial charge in [0.05, 0.1) is 5.75 Å². The number of carbonyl (C=O) groups excluding carboxylic acids is 1. The molecule has 0 spiro atoms. The Bertz CT molecular complexity index is 557. The van der Waals surface area contributed by atoms with E-state index in [4.69, 9.17) is 0 Å². The fourth-order valence-electron chi connectivity index (χ4n) is 1.44. The lowest BCUT2D eigenvalue weighted by atomic mass is 9.95. The van der Waals surface area contributed by atoms with E-state index < -0.39 is 15.4 Å². The second-order valence-corrected chi connectivity index (χ2v) is 7.54. The van der Waals surface area contributed by atoms with Crippen molar-refractivity contribution in [1.82, 2.24) is 0 Å². The lowest BCUT2D eigenvalue weighted by Gasteiger charge is -2.17. The largest absolute Gasteiger partial charge is 0.326 e. The number of anilines is 2. The first-order valence-electron chi connectivity index (χ1n) is 6.56. The zero-order chi connectivity index (χ0) is 15.4. The van der Waals surface area contributed by atoms with Gasteiger partial charge in [0.15, 0.2) is 0 Å². The molecule has 0 atom stereocenters. The van der Waals surface area contributed by atoms with Crippen molar-refractivity contribution in [2.24, 2.45) is 5.41 Å². The van der Waals surface area contributed by atoms with Crippen molar-refractivity contribution in [3.63, 3.8) is 0 Å². The van der Waals surface area contributed by atoms with Crippen LogP contribution in [0.1, 0.15) is 34.1 Å². The molecule has 0 saturated heterocycles. The summed E-state index contributed by atoms with van der Waals surface area (Å²) in [6.45, 7) is 7.30. The molecule has 0 radical (unpaired) electrons. The predicted octanol–water partition coefficient (Wildman–Crippen LogP) is 2.82. The highest BCUT2D eigenvalue weighted by Gasteiger charge is 2.21. The van der Waals surface area contributed by atoms with E-state index in [1.54, 1.807) is 24.3 Å². The maximum absolute atomic E-state index is 11.8. The SMILES string of the molecule is CCCS(=O)(=O)Nc1ccc(NC(=O)C(C)(C)C)cc1. The standard InChI is InChI=1S/C14H22N2O3S/c1-5-10-20(18,19)16-12-8-6-11(7-9-12)15-13(17)14(2,3)4/h6-9,16H,5,10H2,1-4H3,(H,15,17). The van der Waals surface area contributed by atoms with Crippen LogP contribution >= 0.6 is 0 Å². The van der Waals surface area contributed by atoms with Crippen LogP contribution in [-0.2, 0) is 14.8 Å². The van der Waals surface area contributed by atoms with E-state index in [-0.39, 0.29) is 11.7 Å². The molecule has 0 bridgehead atoms. The second-order valence-electron chi connectivity index (χ2n) is 5.70. The number of carbonyl (C=O) groups is 1. The fourth-order valence-corrected chi connectivity index (χ4v) is 2.57. The second kappa shape index (κ2) is 6.26. The minimum absolute atomic E-state index is 0.0863. The van der Waals surface area contributed by atoms with Crippen LogP contribution < -0.4 is 10.0 Å². The number of amides is 1. The van der Waals surface area contributed by atoms with Gasteiger partial charge in [-0.25, -0.2) is 8.42 Å². The maximum atomic E-state index is 11.8. The summed E-state index contributed by atoms with van der Waals surface area (Å²) in [5.41, 5.74) is 0.664. The summed E-state index contributed by atoms with van der Waals surface area (Å²) in [4.78, 5) is 11.8. The van der Waals surface area contributed by atoms with E-state index in [2.05, 4.69) is 10.0 Å². The molecule has 1 aromatic rings. The van der Waals surface area contributed by atoms with E-state index >= 15 is 0 Å². The molecular weight excluding hydrogens is 276 g/mol. The van der Waals surface area contributed by atoms with E-state index in [1.807, 2.05) is 27.7 Å². The lowest BCUT2D eigenvalue weighted by molar-refractivity contribution is -0.123. The molecule has 0 saturated carbocycles. The average molecular weight is 298 g/mol. The minimum Gasteiger partial charge on any atom is -0.326 e. The van der Waals surface area contributed by atoms with Crippen LogP contribution in [0.2, 0.25) is 0 Å². The smallest absolute Gasteiger partial charge is 0.232 e. The maximum Gasteiger partial charge on any atom is 0.232 e. The zero-order valence-electron chi connectivity index (χ0n) is 12.4. The van der Waals surface area contributed by atoms with Crippen LogP contribution in [0.3, 0.4) is 0 Å². The Hall–Kier alpha value is -1.56. The number of sulfonamides is 1. The highest BCUT2D eigenvalue weighted by atomic mass is 32.2. The van der Waals surface area contributed by atoms with Crippen molar-refractivity contribution in [3.05, 3.63) is 24.3 Å². The Balaban J connectivity index is 2.73. The van der Waals surface area contributed by atoms with Gasteiger partial charge in [-0.2, -0.15) is 0 Å². The molecule has 1 rings (SSSR count). The van der Waals surface area contributed by atoms with Crippen molar-refractivity contribution in [2.45, 2.75) is 34.1 Å². The summed E-state index contributed by atoms with van der Waals surface area (Å²) >= 11 is 0. The zero-order valence-corrected chi connectivity index (χ0v) is 13.2. The number of benzene rings is 1. The van der Waals surface area contributed by atoms with Gasteiger partial charge in [0.1, 0.15) is 0 Å². The van der Waals surface area contributed by atoms with Crippen molar-refractivity contribution < 1.29 is 13.2 Å². The summed E-state index contributed by atoms with van der Waals surface area (Å²) in [7, 11) is -3.28. The molecule has 1 amide bonds. The molecule has 112 valence electrons. The molecule has 0 heterocycles. The summed E-state index contributed by atoms with van der Waals surface area (Å²) in [5, 5.41) is 2.78. The molecule has 0 aliphatic carbocycles. The Labute approximate surface area is 120 Å². The van der Waals surface area contributed by atoms with Crippen LogP contribution in [0.5, 0.6) is 0 Å². The predicted molar refractivity (Wildman–Crippen MR) is 82.2 cm³/mol. The molecule has 20 heavy (non-hydrogen) atoms. The van der Waals surface area contributed by atoms with Gasteiger partial charge < -0.3 is 5.32 Å². The quantitative estimate of drug-likeness (QED) is 0.877. The summed E-state index contributed by atoms with van der Waals surface area (Å²) in [6.07, 6.45) is 0.565. The highest BCUT2D eigenvalue weighted by molar-refractivity contribution is 7.92. The van der Waals surface area contributed by atoms with Crippen LogP contribution in [0.15, 0.2) is 24.3 Å². The monoisotopic (exact) mass is 298 g/mol. The van der Waals surface area contributed by atoms with E-state index in [9.17, 15) is 13.2 Å². The fraction of sp³-hybridized carbons (Fsp3) is 0.500. The van der Waals surface area contributed by atoms with E-state index in [0.717, 1.165) is 0 Å². The Morgan fingerprint density at radius 3 is 2.05 bits per heavy atom. The lowest BCUT2D eigenvalue weighted by Crippen LogP contribution is -2.27. The van der Waals surface area contributed by atoms with Crippen LogP contribution in [0, 0.1) is 5.41 Å². The highest BCUT2D eigenvalue weighted by Crippen LogP contribution is 2.19. The molecule has 0 aromatic heterocycles. The number of rotatable bonds is 5. The van der Waals surface area contributed by atoms with Crippen LogP contribution in [0.4, 0.5) is 11.4 Å². The van der Waals surface area contributed by atoms with Crippen molar-refractivity contribution in [3.8, 4) is 0 Å². The average Bonchev–Trinajstić information content (AvgIpc) is 2.29. The van der Waals surface area contributed by atoms with Gasteiger partial charge >= 0.3 is 0 Å². The van der Waals surface area contributed by atoms with Crippen LogP contribution in [-0.4, -0.2) is 20.1 Å². The van der Waals surface area contributed by atoms with Gasteiger partial charge in [-0.15, -0.1) is 0 Å². The normalized spacial score (nSPS) is 12.0. The Morgan fingerprint density at radius 2 is 1.60 bits per heavy atom. The number of nitrogens with one attached hydrogen (secondary N) is 2. The third-order valence-corrected chi connectivity index (χ3v) is 4.06. The number of hydrogen-bond donors (Lipinski definition) is 2. The third kappa shape index (κ3) is 5.21. The van der Waals surface area contributed by atoms with Gasteiger partial charge in [-0.05, 0) is 30.7 Å². The molecular formula is C14H22N2O3S. The first kappa shape index (κ1) is 16.5. The van der Waals surface area contributed by atoms with Gasteiger partial charge in [0.25, 0.3) is 0 Å².